The van der Waals surface area contributed by atoms with Crippen molar-refractivity contribution in [3.63, 3.8) is 0 Å². The zero-order chi connectivity index (χ0) is 15.4. The standard InChI is InChI=1S/C20H27NS/c1-11-8-9-15-6-5-7-16(19(15)21-11)18-14(4)13(3)17-10-12(2)22-20(17)18/h5-7,10-11,13-14,17-18,20-21H,8-9H2,1-4H3. The summed E-state index contributed by atoms with van der Waals surface area (Å²) >= 11 is 2.13. The number of hydrogen-bond donors (Lipinski definition) is 1. The molecule has 118 valence electrons. The molecule has 0 radical (unpaired) electrons. The molecule has 0 amide bonds. The highest BCUT2D eigenvalue weighted by atomic mass is 32.2. The van der Waals surface area contributed by atoms with E-state index in [-0.39, 0.29) is 0 Å². The molecule has 1 nitrogen and oxygen atoms in total. The van der Waals surface area contributed by atoms with Crippen LogP contribution in [0.2, 0.25) is 0 Å². The van der Waals surface area contributed by atoms with Gasteiger partial charge in [0.05, 0.1) is 0 Å². The predicted molar refractivity (Wildman–Crippen MR) is 97.5 cm³/mol. The van der Waals surface area contributed by atoms with Gasteiger partial charge in [0.1, 0.15) is 0 Å². The first-order valence-electron chi connectivity index (χ1n) is 8.79. The lowest BCUT2D eigenvalue weighted by atomic mass is 9.83. The molecule has 2 heterocycles. The van der Waals surface area contributed by atoms with Gasteiger partial charge in [-0.3, -0.25) is 0 Å². The summed E-state index contributed by atoms with van der Waals surface area (Å²) in [5.74, 6) is 3.00. The molecule has 2 aliphatic heterocycles. The van der Waals surface area contributed by atoms with Gasteiger partial charge in [0.2, 0.25) is 0 Å². The smallest absolute Gasteiger partial charge is 0.0410 e. The SMILES string of the molecule is CC1=CC2C(C)C(C)C(c3cccc4c3NC(C)CC4)C2S1. The van der Waals surface area contributed by atoms with Crippen LogP contribution in [0.15, 0.2) is 29.2 Å². The monoisotopic (exact) mass is 313 g/mol. The molecule has 4 rings (SSSR count). The first kappa shape index (κ1) is 14.7. The lowest BCUT2D eigenvalue weighted by Crippen LogP contribution is -2.25. The van der Waals surface area contributed by atoms with E-state index in [1.807, 2.05) is 0 Å². The van der Waals surface area contributed by atoms with Crippen LogP contribution < -0.4 is 5.32 Å². The molecule has 1 N–H and O–H groups in total. The highest BCUT2D eigenvalue weighted by Gasteiger charge is 2.49. The maximum atomic E-state index is 3.81. The highest BCUT2D eigenvalue weighted by molar-refractivity contribution is 8.03. The Hall–Kier alpha value is -0.890. The number of rotatable bonds is 1. The van der Waals surface area contributed by atoms with Crippen LogP contribution in [0.4, 0.5) is 5.69 Å². The third-order valence-corrected chi connectivity index (χ3v) is 7.65. The van der Waals surface area contributed by atoms with Crippen LogP contribution in [0.25, 0.3) is 0 Å². The van der Waals surface area contributed by atoms with Crippen molar-refractivity contribution >= 4 is 17.4 Å². The molecule has 2 heteroatoms. The largest absolute Gasteiger partial charge is 0.382 e. The van der Waals surface area contributed by atoms with E-state index < -0.39 is 0 Å². The molecule has 0 saturated heterocycles. The van der Waals surface area contributed by atoms with E-state index in [9.17, 15) is 0 Å². The lowest BCUT2D eigenvalue weighted by Gasteiger charge is -2.31. The number of thioether (sulfide) groups is 1. The fourth-order valence-corrected chi connectivity index (χ4v) is 6.56. The number of nitrogens with one attached hydrogen (secondary N) is 1. The van der Waals surface area contributed by atoms with Gasteiger partial charge in [-0.1, -0.05) is 38.1 Å². The summed E-state index contributed by atoms with van der Waals surface area (Å²) in [6.07, 6.45) is 5.03. The fourth-order valence-electron chi connectivity index (χ4n) is 4.87. The first-order valence-corrected chi connectivity index (χ1v) is 9.67. The van der Waals surface area contributed by atoms with Gasteiger partial charge in [0, 0.05) is 22.9 Å². The summed E-state index contributed by atoms with van der Waals surface area (Å²) in [5, 5.41) is 4.55. The maximum absolute atomic E-state index is 3.81. The Morgan fingerprint density at radius 1 is 1.14 bits per heavy atom. The van der Waals surface area contributed by atoms with Gasteiger partial charge in [0.15, 0.2) is 0 Å². The number of aryl methyl sites for hydroxylation is 1. The minimum Gasteiger partial charge on any atom is -0.382 e. The number of hydrogen-bond acceptors (Lipinski definition) is 2. The van der Waals surface area contributed by atoms with Crippen molar-refractivity contribution in [2.75, 3.05) is 5.32 Å². The topological polar surface area (TPSA) is 12.0 Å². The number of benzene rings is 1. The molecule has 1 aromatic carbocycles. The van der Waals surface area contributed by atoms with Crippen molar-refractivity contribution in [2.45, 2.75) is 57.7 Å². The summed E-state index contributed by atoms with van der Waals surface area (Å²) < 4.78 is 0. The van der Waals surface area contributed by atoms with Crippen LogP contribution in [0.5, 0.6) is 0 Å². The van der Waals surface area contributed by atoms with Crippen molar-refractivity contribution in [3.8, 4) is 0 Å². The molecule has 1 aliphatic carbocycles. The van der Waals surface area contributed by atoms with Gasteiger partial charge >= 0.3 is 0 Å². The van der Waals surface area contributed by atoms with Gasteiger partial charge < -0.3 is 5.32 Å². The molecule has 1 saturated carbocycles. The van der Waals surface area contributed by atoms with Crippen LogP contribution >= 0.6 is 11.8 Å². The summed E-state index contributed by atoms with van der Waals surface area (Å²) in [7, 11) is 0. The zero-order valence-electron chi connectivity index (χ0n) is 14.1. The van der Waals surface area contributed by atoms with Crippen molar-refractivity contribution in [2.24, 2.45) is 17.8 Å². The third kappa shape index (κ3) is 2.14. The molecular formula is C20H27NS. The molecule has 3 aliphatic rings. The number of allylic oxidation sites excluding steroid dienone is 2. The van der Waals surface area contributed by atoms with Gasteiger partial charge in [-0.05, 0) is 60.5 Å². The number of anilines is 1. The molecule has 6 atom stereocenters. The molecule has 1 aromatic rings. The number of para-hydroxylation sites is 1. The van der Waals surface area contributed by atoms with Crippen LogP contribution in [0, 0.1) is 17.8 Å². The van der Waals surface area contributed by atoms with Gasteiger partial charge in [0.25, 0.3) is 0 Å². The van der Waals surface area contributed by atoms with Crippen molar-refractivity contribution in [3.05, 3.63) is 40.3 Å². The Kier molecular flexibility index (Phi) is 3.56. The van der Waals surface area contributed by atoms with Crippen LogP contribution in [-0.2, 0) is 6.42 Å². The Morgan fingerprint density at radius 2 is 1.95 bits per heavy atom. The van der Waals surface area contributed by atoms with Crippen molar-refractivity contribution in [1.29, 1.82) is 0 Å². The molecule has 0 aromatic heterocycles. The summed E-state index contributed by atoms with van der Waals surface area (Å²) in [4.78, 5) is 1.53. The Labute approximate surface area is 139 Å². The van der Waals surface area contributed by atoms with E-state index in [1.54, 1.807) is 5.56 Å². The Balaban J connectivity index is 1.76. The normalized spacial score (nSPS) is 39.9. The maximum Gasteiger partial charge on any atom is 0.0410 e. The molecule has 1 fully saturated rings. The van der Waals surface area contributed by atoms with Crippen LogP contribution in [-0.4, -0.2) is 11.3 Å². The quantitative estimate of drug-likeness (QED) is 0.741. The Morgan fingerprint density at radius 3 is 2.77 bits per heavy atom. The van der Waals surface area contributed by atoms with Crippen LogP contribution in [0.1, 0.15) is 51.2 Å². The van der Waals surface area contributed by atoms with Crippen LogP contribution in [0.3, 0.4) is 0 Å². The van der Waals surface area contributed by atoms with E-state index in [2.05, 4.69) is 69.0 Å². The molecule has 22 heavy (non-hydrogen) atoms. The minimum absolute atomic E-state index is 0.606. The molecule has 0 bridgehead atoms. The van der Waals surface area contributed by atoms with E-state index in [0.29, 0.717) is 12.0 Å². The first-order chi connectivity index (χ1) is 10.6. The van der Waals surface area contributed by atoms with Crippen molar-refractivity contribution in [1.82, 2.24) is 0 Å². The van der Waals surface area contributed by atoms with Gasteiger partial charge in [-0.2, -0.15) is 0 Å². The van der Waals surface area contributed by atoms with E-state index in [4.69, 9.17) is 0 Å². The van der Waals surface area contributed by atoms with E-state index in [0.717, 1.165) is 23.0 Å². The van der Waals surface area contributed by atoms with Gasteiger partial charge in [-0.25, -0.2) is 0 Å². The van der Waals surface area contributed by atoms with Crippen molar-refractivity contribution < 1.29 is 0 Å². The summed E-state index contributed by atoms with van der Waals surface area (Å²) in [6, 6.07) is 7.61. The number of fused-ring (bicyclic) bond motifs is 2. The average Bonchev–Trinajstić information content (AvgIpc) is 2.97. The zero-order valence-corrected chi connectivity index (χ0v) is 14.9. The second-order valence-corrected chi connectivity index (χ2v) is 9.07. The Bertz CT molecular complexity index is 620. The predicted octanol–water partition coefficient (Wildman–Crippen LogP) is 5.44. The second-order valence-electron chi connectivity index (χ2n) is 7.65. The average molecular weight is 314 g/mol. The molecule has 0 spiro atoms. The van der Waals surface area contributed by atoms with E-state index in [1.165, 1.54) is 29.0 Å². The highest BCUT2D eigenvalue weighted by Crippen LogP contribution is 2.59. The molecule has 6 unspecified atom stereocenters. The summed E-state index contributed by atoms with van der Waals surface area (Å²) in [5.41, 5.74) is 4.59. The van der Waals surface area contributed by atoms with E-state index >= 15 is 0 Å². The molecular weight excluding hydrogens is 286 g/mol. The summed E-state index contributed by atoms with van der Waals surface area (Å²) in [6.45, 7) is 9.55. The third-order valence-electron chi connectivity index (χ3n) is 6.26. The lowest BCUT2D eigenvalue weighted by molar-refractivity contribution is 0.390. The van der Waals surface area contributed by atoms with Gasteiger partial charge in [-0.15, -0.1) is 11.8 Å². The minimum atomic E-state index is 0.606. The second kappa shape index (κ2) is 5.33. The fraction of sp³-hybridized carbons (Fsp3) is 0.600.